The number of rotatable bonds is 5. The molecule has 17 heavy (non-hydrogen) atoms. The topological polar surface area (TPSA) is 127 Å². The van der Waals surface area contributed by atoms with Crippen molar-refractivity contribution < 1.29 is 19.6 Å². The quantitative estimate of drug-likeness (QED) is 0.433. The van der Waals surface area contributed by atoms with Gasteiger partial charge in [-0.2, -0.15) is 0 Å². The Balaban J connectivity index is 3.18. The average Bonchev–Trinajstić information content (AvgIpc) is 2.25. The number of amides is 2. The molecule has 6 N–H and O–H groups in total. The number of hydrogen-bond acceptors (Lipinski definition) is 4. The first-order valence-electron chi connectivity index (χ1n) is 4.96. The Kier molecular flexibility index (Phi) is 4.25. The summed E-state index contributed by atoms with van der Waals surface area (Å²) in [6.07, 6.45) is -0.265. The van der Waals surface area contributed by atoms with E-state index in [1.54, 1.807) is 12.1 Å². The van der Waals surface area contributed by atoms with Gasteiger partial charge in [0.1, 0.15) is 0 Å². The first-order chi connectivity index (χ1) is 7.93. The Morgan fingerprint density at radius 1 is 1.24 bits per heavy atom. The van der Waals surface area contributed by atoms with Crippen molar-refractivity contribution in [1.29, 1.82) is 0 Å². The third-order valence-corrected chi connectivity index (χ3v) is 2.40. The predicted molar refractivity (Wildman–Crippen MR) is 62.0 cm³/mol. The third-order valence-electron chi connectivity index (χ3n) is 2.40. The summed E-state index contributed by atoms with van der Waals surface area (Å²) in [6, 6.07) is 6.14. The summed E-state index contributed by atoms with van der Waals surface area (Å²) >= 11 is 0. The Morgan fingerprint density at radius 3 is 2.29 bits per heavy atom. The fraction of sp³-hybridized carbons (Fsp3) is 0.200. The second-order valence-electron chi connectivity index (χ2n) is 3.63. The smallest absolute Gasteiger partial charge is 0.423 e. The van der Waals surface area contributed by atoms with Crippen molar-refractivity contribution in [2.24, 2.45) is 11.5 Å². The summed E-state index contributed by atoms with van der Waals surface area (Å²) in [5.41, 5.74) is 10.6. The number of nitrogens with two attached hydrogens (primary N) is 2. The molecule has 0 aromatic heterocycles. The molecule has 2 amide bonds. The molecule has 0 fully saturated rings. The van der Waals surface area contributed by atoms with Gasteiger partial charge in [-0.15, -0.1) is 0 Å². The molecule has 7 heteroatoms. The SMILES string of the molecule is NC(=O)CC(C(N)=O)c1ccccc1B(O)O. The van der Waals surface area contributed by atoms with Gasteiger partial charge in [0.15, 0.2) is 0 Å². The van der Waals surface area contributed by atoms with Crippen LogP contribution in [0, 0.1) is 0 Å². The largest absolute Gasteiger partial charge is 0.488 e. The number of carbonyl (C=O) groups excluding carboxylic acids is 2. The van der Waals surface area contributed by atoms with Gasteiger partial charge in [-0.05, 0) is 11.0 Å². The zero-order valence-electron chi connectivity index (χ0n) is 9.04. The summed E-state index contributed by atoms with van der Waals surface area (Å²) in [6.45, 7) is 0. The van der Waals surface area contributed by atoms with Gasteiger partial charge in [-0.3, -0.25) is 9.59 Å². The van der Waals surface area contributed by atoms with Crippen LogP contribution < -0.4 is 16.9 Å². The summed E-state index contributed by atoms with van der Waals surface area (Å²) in [4.78, 5) is 22.1. The van der Waals surface area contributed by atoms with E-state index in [1.165, 1.54) is 12.1 Å². The van der Waals surface area contributed by atoms with E-state index in [0.717, 1.165) is 0 Å². The minimum atomic E-state index is -1.74. The van der Waals surface area contributed by atoms with Gasteiger partial charge in [-0.25, -0.2) is 0 Å². The van der Waals surface area contributed by atoms with Crippen LogP contribution in [0.3, 0.4) is 0 Å². The number of hydrogen-bond donors (Lipinski definition) is 4. The zero-order valence-corrected chi connectivity index (χ0v) is 9.04. The van der Waals surface area contributed by atoms with E-state index >= 15 is 0 Å². The van der Waals surface area contributed by atoms with E-state index in [2.05, 4.69) is 0 Å². The standard InChI is InChI=1S/C10H13BN2O4/c12-9(14)5-7(10(13)15)6-3-1-2-4-8(6)11(16)17/h1-4,7,16-17H,5H2,(H2,12,14)(H2,13,15). The van der Waals surface area contributed by atoms with Crippen LogP contribution in [0.2, 0.25) is 0 Å². The lowest BCUT2D eigenvalue weighted by Gasteiger charge is -2.15. The maximum absolute atomic E-state index is 11.3. The van der Waals surface area contributed by atoms with E-state index in [1.807, 2.05) is 0 Å². The van der Waals surface area contributed by atoms with Gasteiger partial charge in [0.05, 0.1) is 5.92 Å². The zero-order chi connectivity index (χ0) is 13.0. The highest BCUT2D eigenvalue weighted by molar-refractivity contribution is 6.59. The van der Waals surface area contributed by atoms with E-state index in [4.69, 9.17) is 21.5 Å². The summed E-state index contributed by atoms with van der Waals surface area (Å²) < 4.78 is 0. The molecule has 1 rings (SSSR count). The van der Waals surface area contributed by atoms with Gasteiger partial charge in [0.2, 0.25) is 11.8 Å². The molecular weight excluding hydrogens is 223 g/mol. The fourth-order valence-electron chi connectivity index (χ4n) is 1.63. The molecule has 0 heterocycles. The molecule has 0 aliphatic heterocycles. The van der Waals surface area contributed by atoms with Gasteiger partial charge >= 0.3 is 7.12 Å². The van der Waals surface area contributed by atoms with E-state index in [9.17, 15) is 9.59 Å². The lowest BCUT2D eigenvalue weighted by Crippen LogP contribution is -2.37. The van der Waals surface area contributed by atoms with Crippen LogP contribution in [-0.4, -0.2) is 29.0 Å². The van der Waals surface area contributed by atoms with Gasteiger partial charge in [0.25, 0.3) is 0 Å². The molecule has 0 bridgehead atoms. The number of carbonyl (C=O) groups is 2. The lowest BCUT2D eigenvalue weighted by molar-refractivity contribution is -0.124. The molecular formula is C10H13BN2O4. The minimum Gasteiger partial charge on any atom is -0.423 e. The Bertz CT molecular complexity index is 436. The molecule has 1 unspecified atom stereocenters. The van der Waals surface area contributed by atoms with Gasteiger partial charge in [-0.1, -0.05) is 24.3 Å². The number of benzene rings is 1. The van der Waals surface area contributed by atoms with Crippen LogP contribution >= 0.6 is 0 Å². The van der Waals surface area contributed by atoms with Crippen LogP contribution in [-0.2, 0) is 9.59 Å². The average molecular weight is 236 g/mol. The van der Waals surface area contributed by atoms with Crippen molar-refractivity contribution in [1.82, 2.24) is 0 Å². The van der Waals surface area contributed by atoms with Gasteiger partial charge < -0.3 is 21.5 Å². The van der Waals surface area contributed by atoms with Crippen molar-refractivity contribution in [3.05, 3.63) is 29.8 Å². The third kappa shape index (κ3) is 3.30. The number of primary amides is 2. The second-order valence-corrected chi connectivity index (χ2v) is 3.63. The summed E-state index contributed by atoms with van der Waals surface area (Å²) in [5.74, 6) is -2.38. The van der Waals surface area contributed by atoms with Crippen molar-refractivity contribution in [3.8, 4) is 0 Å². The Hall–Kier alpha value is -1.86. The Morgan fingerprint density at radius 2 is 1.82 bits per heavy atom. The van der Waals surface area contributed by atoms with Crippen LogP contribution in [0.15, 0.2) is 24.3 Å². The first kappa shape index (κ1) is 13.2. The molecule has 1 atom stereocenters. The molecule has 90 valence electrons. The molecule has 0 saturated carbocycles. The van der Waals surface area contributed by atoms with Crippen LogP contribution in [0.25, 0.3) is 0 Å². The highest BCUT2D eigenvalue weighted by Crippen LogP contribution is 2.17. The molecule has 0 saturated heterocycles. The minimum absolute atomic E-state index is 0.137. The molecule has 1 aromatic carbocycles. The van der Waals surface area contributed by atoms with Gasteiger partial charge in [0, 0.05) is 6.42 Å². The highest BCUT2D eigenvalue weighted by atomic mass is 16.4. The van der Waals surface area contributed by atoms with E-state index in [-0.39, 0.29) is 11.9 Å². The van der Waals surface area contributed by atoms with E-state index < -0.39 is 24.9 Å². The molecule has 0 aliphatic carbocycles. The monoisotopic (exact) mass is 236 g/mol. The van der Waals surface area contributed by atoms with Crippen molar-refractivity contribution in [2.45, 2.75) is 12.3 Å². The van der Waals surface area contributed by atoms with Crippen molar-refractivity contribution in [2.75, 3.05) is 0 Å². The maximum atomic E-state index is 11.3. The Labute approximate surface area is 98.4 Å². The van der Waals surface area contributed by atoms with Crippen LogP contribution in [0.5, 0.6) is 0 Å². The molecule has 1 aromatic rings. The fourth-order valence-corrected chi connectivity index (χ4v) is 1.63. The normalized spacial score (nSPS) is 11.9. The van der Waals surface area contributed by atoms with Crippen molar-refractivity contribution >= 4 is 24.4 Å². The highest BCUT2D eigenvalue weighted by Gasteiger charge is 2.26. The maximum Gasteiger partial charge on any atom is 0.488 e. The first-order valence-corrected chi connectivity index (χ1v) is 4.96. The molecule has 6 nitrogen and oxygen atoms in total. The lowest BCUT2D eigenvalue weighted by atomic mass is 9.73. The van der Waals surface area contributed by atoms with E-state index in [0.29, 0.717) is 5.56 Å². The van der Waals surface area contributed by atoms with Crippen molar-refractivity contribution in [3.63, 3.8) is 0 Å². The molecule has 0 radical (unpaired) electrons. The van der Waals surface area contributed by atoms with Crippen LogP contribution in [0.1, 0.15) is 17.9 Å². The van der Waals surface area contributed by atoms with Crippen LogP contribution in [0.4, 0.5) is 0 Å². The summed E-state index contributed by atoms with van der Waals surface area (Å²) in [7, 11) is -1.74. The second kappa shape index (κ2) is 5.47. The predicted octanol–water partition coefficient (Wildman–Crippen LogP) is -2.19. The molecule has 0 spiro atoms. The molecule has 0 aliphatic rings. The summed E-state index contributed by atoms with van der Waals surface area (Å²) in [5, 5.41) is 18.3.